The van der Waals surface area contributed by atoms with Gasteiger partial charge in [0, 0.05) is 33.9 Å². The number of carbonyl (C=O) groups is 1. The highest BCUT2D eigenvalue weighted by Gasteiger charge is 2.11. The molecule has 4 nitrogen and oxygen atoms in total. The first-order valence-corrected chi connectivity index (χ1v) is 9.66. The predicted molar refractivity (Wildman–Crippen MR) is 119 cm³/mol. The fourth-order valence-electron chi connectivity index (χ4n) is 3.61. The van der Waals surface area contributed by atoms with Crippen LogP contribution in [-0.4, -0.2) is 11.1 Å². The monoisotopic (exact) mass is 384 g/mol. The van der Waals surface area contributed by atoms with Gasteiger partial charge in [-0.25, -0.2) is 4.79 Å². The van der Waals surface area contributed by atoms with Gasteiger partial charge in [0.25, 0.3) is 0 Å². The lowest BCUT2D eigenvalue weighted by molar-refractivity contribution is 0.215. The molecule has 0 aliphatic rings. The molecule has 29 heavy (non-hydrogen) atoms. The van der Waals surface area contributed by atoms with Crippen LogP contribution in [0.2, 0.25) is 0 Å². The first-order chi connectivity index (χ1) is 13.9. The molecule has 1 heterocycles. The third-order valence-electron chi connectivity index (χ3n) is 5.31. The number of hydrogen-bond acceptors (Lipinski definition) is 2. The second-order valence-electron chi connectivity index (χ2n) is 7.51. The number of anilines is 1. The maximum atomic E-state index is 12.3. The van der Waals surface area contributed by atoms with Crippen molar-refractivity contribution in [3.05, 3.63) is 82.9 Å². The Balaban J connectivity index is 1.56. The van der Waals surface area contributed by atoms with Crippen LogP contribution in [-0.2, 0) is 0 Å². The smallest absolute Gasteiger partial charge is 0.410 e. The minimum Gasteiger partial charge on any atom is -0.410 e. The summed E-state index contributed by atoms with van der Waals surface area (Å²) in [5.74, 6) is 0.494. The van der Waals surface area contributed by atoms with Gasteiger partial charge in [0.05, 0.1) is 0 Å². The third kappa shape index (κ3) is 3.87. The maximum Gasteiger partial charge on any atom is 0.417 e. The van der Waals surface area contributed by atoms with Crippen molar-refractivity contribution in [2.45, 2.75) is 27.7 Å². The second kappa shape index (κ2) is 7.47. The van der Waals surface area contributed by atoms with Crippen LogP contribution >= 0.6 is 0 Å². The van der Waals surface area contributed by atoms with Crippen molar-refractivity contribution in [2.24, 2.45) is 0 Å². The Hall–Kier alpha value is -3.53. The molecule has 0 bridgehead atoms. The molecule has 146 valence electrons. The average Bonchev–Trinajstić information content (AvgIpc) is 3.07. The fraction of sp³-hybridized carbons (Fsp3) is 0.160. The summed E-state index contributed by atoms with van der Waals surface area (Å²) in [5, 5.41) is 3.85. The highest BCUT2D eigenvalue weighted by atomic mass is 16.6. The number of rotatable bonds is 3. The summed E-state index contributed by atoms with van der Waals surface area (Å²) < 4.78 is 5.49. The summed E-state index contributed by atoms with van der Waals surface area (Å²) >= 11 is 0. The van der Waals surface area contributed by atoms with E-state index in [4.69, 9.17) is 4.74 Å². The molecule has 4 rings (SSSR count). The zero-order valence-corrected chi connectivity index (χ0v) is 17.1. The summed E-state index contributed by atoms with van der Waals surface area (Å²) in [5.41, 5.74) is 8.67. The van der Waals surface area contributed by atoms with Crippen molar-refractivity contribution < 1.29 is 9.53 Å². The zero-order chi connectivity index (χ0) is 20.5. The van der Waals surface area contributed by atoms with E-state index in [0.717, 1.165) is 27.8 Å². The lowest BCUT2D eigenvalue weighted by Gasteiger charge is -2.08. The lowest BCUT2D eigenvalue weighted by Crippen LogP contribution is -2.16. The van der Waals surface area contributed by atoms with E-state index in [-0.39, 0.29) is 0 Å². The van der Waals surface area contributed by atoms with Crippen LogP contribution in [0.15, 0.2) is 60.7 Å². The maximum absolute atomic E-state index is 12.3. The molecule has 0 spiro atoms. The average molecular weight is 384 g/mol. The van der Waals surface area contributed by atoms with E-state index in [1.165, 1.54) is 22.3 Å². The molecule has 2 N–H and O–H groups in total. The van der Waals surface area contributed by atoms with E-state index in [2.05, 4.69) is 48.4 Å². The topological polar surface area (TPSA) is 54.1 Å². The third-order valence-corrected chi connectivity index (χ3v) is 5.31. The minimum atomic E-state index is -0.505. The molecule has 0 aliphatic carbocycles. The molecule has 0 saturated heterocycles. The fourth-order valence-corrected chi connectivity index (χ4v) is 3.61. The molecule has 0 unspecified atom stereocenters. The molecule has 3 aromatic carbocycles. The summed E-state index contributed by atoms with van der Waals surface area (Å²) in [6, 6.07) is 19.8. The van der Waals surface area contributed by atoms with Crippen LogP contribution in [0.3, 0.4) is 0 Å². The van der Waals surface area contributed by atoms with Crippen molar-refractivity contribution in [2.75, 3.05) is 5.32 Å². The summed E-state index contributed by atoms with van der Waals surface area (Å²) in [7, 11) is 0. The minimum absolute atomic E-state index is 0.494. The zero-order valence-electron chi connectivity index (χ0n) is 17.1. The first kappa shape index (κ1) is 18.8. The molecule has 1 amide bonds. The van der Waals surface area contributed by atoms with Gasteiger partial charge in [-0.05, 0) is 80.3 Å². The Morgan fingerprint density at radius 3 is 2.31 bits per heavy atom. The van der Waals surface area contributed by atoms with E-state index >= 15 is 0 Å². The summed E-state index contributed by atoms with van der Waals surface area (Å²) in [6.45, 7) is 8.27. The molecular formula is C25H24N2O2. The summed E-state index contributed by atoms with van der Waals surface area (Å²) in [6.07, 6.45) is -0.505. The predicted octanol–water partition coefficient (Wildman–Crippen LogP) is 6.68. The van der Waals surface area contributed by atoms with Crippen LogP contribution in [0, 0.1) is 27.7 Å². The van der Waals surface area contributed by atoms with Gasteiger partial charge in [0.1, 0.15) is 5.75 Å². The number of benzene rings is 3. The van der Waals surface area contributed by atoms with Crippen LogP contribution in [0.5, 0.6) is 5.75 Å². The number of nitrogens with one attached hydrogen (secondary N) is 2. The van der Waals surface area contributed by atoms with Gasteiger partial charge in [0.15, 0.2) is 0 Å². The van der Waals surface area contributed by atoms with Gasteiger partial charge in [-0.3, -0.25) is 5.32 Å². The number of aryl methyl sites for hydroxylation is 4. The number of aromatic nitrogens is 1. The second-order valence-corrected chi connectivity index (χ2v) is 7.51. The number of hydrogen-bond donors (Lipinski definition) is 2. The number of ether oxygens (including phenoxy) is 1. The highest BCUT2D eigenvalue weighted by Crippen LogP contribution is 2.31. The van der Waals surface area contributed by atoms with Crippen LogP contribution < -0.4 is 10.1 Å². The van der Waals surface area contributed by atoms with Gasteiger partial charge < -0.3 is 9.72 Å². The Labute approximate surface area is 170 Å². The highest BCUT2D eigenvalue weighted by molar-refractivity contribution is 5.90. The van der Waals surface area contributed by atoms with Crippen molar-refractivity contribution in [3.8, 4) is 17.0 Å². The van der Waals surface area contributed by atoms with E-state index in [9.17, 15) is 4.79 Å². The van der Waals surface area contributed by atoms with Crippen molar-refractivity contribution in [1.29, 1.82) is 0 Å². The van der Waals surface area contributed by atoms with Gasteiger partial charge in [-0.15, -0.1) is 0 Å². The van der Waals surface area contributed by atoms with Gasteiger partial charge in [0.2, 0.25) is 0 Å². The largest absolute Gasteiger partial charge is 0.417 e. The molecule has 1 aromatic heterocycles. The molecule has 0 radical (unpaired) electrons. The van der Waals surface area contributed by atoms with Gasteiger partial charge >= 0.3 is 6.09 Å². The van der Waals surface area contributed by atoms with Crippen LogP contribution in [0.4, 0.5) is 10.5 Å². The Bertz CT molecular complexity index is 1200. The molecule has 4 heteroatoms. The summed E-state index contributed by atoms with van der Waals surface area (Å²) in [4.78, 5) is 15.7. The SMILES string of the molecule is Cc1ccc(NC(=O)Oc2ccc3cc(-c4c(C)cccc4C)[nH]c3c2)cc1C. The van der Waals surface area contributed by atoms with E-state index in [0.29, 0.717) is 5.75 Å². The molecular weight excluding hydrogens is 360 g/mol. The number of aromatic amines is 1. The lowest BCUT2D eigenvalue weighted by atomic mass is 10.0. The first-order valence-electron chi connectivity index (χ1n) is 9.66. The molecule has 4 aromatic rings. The van der Waals surface area contributed by atoms with Gasteiger partial charge in [-0.2, -0.15) is 0 Å². The van der Waals surface area contributed by atoms with E-state index in [1.54, 1.807) is 0 Å². The quantitative estimate of drug-likeness (QED) is 0.414. The van der Waals surface area contributed by atoms with Crippen molar-refractivity contribution in [1.82, 2.24) is 4.98 Å². The van der Waals surface area contributed by atoms with E-state index < -0.39 is 6.09 Å². The van der Waals surface area contributed by atoms with Crippen molar-refractivity contribution in [3.63, 3.8) is 0 Å². The van der Waals surface area contributed by atoms with E-state index in [1.807, 2.05) is 50.2 Å². The normalized spacial score (nSPS) is 10.9. The van der Waals surface area contributed by atoms with Gasteiger partial charge in [-0.1, -0.05) is 24.3 Å². The standard InChI is InChI=1S/C25H24N2O2/c1-15-8-10-20(12-18(15)4)26-25(28)29-21-11-9-19-13-23(27-22(19)14-21)24-16(2)6-5-7-17(24)3/h5-14,27H,1-4H3,(H,26,28). The van der Waals surface area contributed by atoms with Crippen LogP contribution in [0.25, 0.3) is 22.2 Å². The number of carbonyl (C=O) groups excluding carboxylic acids is 1. The number of amides is 1. The molecule has 0 aliphatic heterocycles. The van der Waals surface area contributed by atoms with Crippen LogP contribution in [0.1, 0.15) is 22.3 Å². The Kier molecular flexibility index (Phi) is 4.85. The number of H-pyrrole nitrogens is 1. The number of fused-ring (bicyclic) bond motifs is 1. The van der Waals surface area contributed by atoms with Crippen molar-refractivity contribution >= 4 is 22.7 Å². The molecule has 0 saturated carbocycles. The molecule has 0 atom stereocenters. The Morgan fingerprint density at radius 1 is 0.828 bits per heavy atom. The molecule has 0 fully saturated rings. The Morgan fingerprint density at radius 2 is 1.59 bits per heavy atom.